The summed E-state index contributed by atoms with van der Waals surface area (Å²) < 4.78 is 11.3. The number of hydrogen-bond donors (Lipinski definition) is 5. The van der Waals surface area contributed by atoms with Gasteiger partial charge in [0.05, 0.1) is 49.1 Å². The summed E-state index contributed by atoms with van der Waals surface area (Å²) in [6.07, 6.45) is 7.10. The molecule has 0 aromatic heterocycles. The average Bonchev–Trinajstić information content (AvgIpc) is 3.78. The van der Waals surface area contributed by atoms with Gasteiger partial charge in [-0.05, 0) is 54.0 Å². The number of aliphatic hydroxyl groups excluding tert-OH is 2. The highest BCUT2D eigenvalue weighted by molar-refractivity contribution is 6.10. The van der Waals surface area contributed by atoms with Crippen LogP contribution in [0.1, 0.15) is 35.2 Å². The second-order valence-corrected chi connectivity index (χ2v) is 14.7. The number of ether oxygens (including phenoxy) is 2. The number of aliphatic hydroxyl groups is 2. The number of benzene rings is 1. The van der Waals surface area contributed by atoms with E-state index in [1.165, 1.54) is 24.0 Å². The molecule has 14 heteroatoms. The van der Waals surface area contributed by atoms with E-state index in [0.717, 1.165) is 28.8 Å². The Morgan fingerprint density at radius 2 is 1.40 bits per heavy atom. The Labute approximate surface area is 297 Å². The maximum atomic E-state index is 14.3. The number of likely N-dealkylation sites (tertiary alicyclic amines) is 1. The summed E-state index contributed by atoms with van der Waals surface area (Å²) >= 11 is 0. The highest BCUT2D eigenvalue weighted by atomic mass is 16.5. The molecule has 1 spiro atoms. The van der Waals surface area contributed by atoms with Gasteiger partial charge in [-0.15, -0.1) is 0 Å². The largest absolute Gasteiger partial charge is 0.503 e. The number of ketones is 1. The van der Waals surface area contributed by atoms with Crippen LogP contribution < -0.4 is 16.4 Å². The van der Waals surface area contributed by atoms with Crippen LogP contribution in [0.15, 0.2) is 105 Å². The minimum absolute atomic E-state index is 0.103. The molecule has 10 rings (SSSR count). The Morgan fingerprint density at radius 3 is 2.00 bits per heavy atom. The molecule has 5 aliphatic heterocycles. The van der Waals surface area contributed by atoms with Gasteiger partial charge in [0.2, 0.25) is 0 Å². The van der Waals surface area contributed by atoms with Crippen molar-refractivity contribution in [1.29, 1.82) is 0 Å². The van der Waals surface area contributed by atoms with E-state index in [4.69, 9.17) is 15.2 Å². The Bertz CT molecular complexity index is 2210. The highest BCUT2D eigenvalue weighted by Crippen LogP contribution is 2.66. The Kier molecular flexibility index (Phi) is 6.13. The molecule has 2 fully saturated rings. The van der Waals surface area contributed by atoms with E-state index in [1.54, 1.807) is 17.1 Å². The molecule has 266 valence electrons. The van der Waals surface area contributed by atoms with E-state index in [1.807, 2.05) is 30.3 Å². The maximum Gasteiger partial charge on any atom is 0.319 e. The van der Waals surface area contributed by atoms with Crippen LogP contribution in [0.2, 0.25) is 0 Å². The SMILES string of the molecule is COC1=C(O)C2=C(CCN2C(N)=O)C2C=C(C(=O)N3CCC4=C3C(O)=C(OC)C3NC(C(=O)N5C[C@H]6C[C@@]67C5=CC(=O)c5ccccc57)=CC43)NC12. The monoisotopic (exact) mass is 704 g/mol. The van der Waals surface area contributed by atoms with Gasteiger partial charge in [-0.3, -0.25) is 19.3 Å². The number of nitrogens with one attached hydrogen (secondary N) is 2. The van der Waals surface area contributed by atoms with Gasteiger partial charge >= 0.3 is 6.03 Å². The predicted molar refractivity (Wildman–Crippen MR) is 182 cm³/mol. The molecule has 4 amide bonds. The molecule has 1 aromatic carbocycles. The number of allylic oxidation sites excluding steroid dienone is 2. The topological polar surface area (TPSA) is 187 Å². The Hall–Kier alpha value is -5.92. The smallest absolute Gasteiger partial charge is 0.319 e. The lowest BCUT2D eigenvalue weighted by molar-refractivity contribution is -0.126. The van der Waals surface area contributed by atoms with Crippen molar-refractivity contribution in [2.75, 3.05) is 33.9 Å². The van der Waals surface area contributed by atoms with Crippen molar-refractivity contribution in [2.45, 2.75) is 36.8 Å². The number of hydrogen-bond acceptors (Lipinski definition) is 10. The molecule has 0 bridgehead atoms. The fourth-order valence-corrected chi connectivity index (χ4v) is 10.2. The highest BCUT2D eigenvalue weighted by Gasteiger charge is 2.67. The zero-order valence-electron chi connectivity index (χ0n) is 28.4. The maximum absolute atomic E-state index is 14.3. The molecule has 5 heterocycles. The first-order valence-electron chi connectivity index (χ1n) is 17.5. The Morgan fingerprint density at radius 1 is 0.846 bits per heavy atom. The first-order chi connectivity index (χ1) is 25.1. The first kappa shape index (κ1) is 30.9. The van der Waals surface area contributed by atoms with Crippen LogP contribution in [-0.2, 0) is 24.5 Å². The number of primary amides is 1. The van der Waals surface area contributed by atoms with E-state index in [2.05, 4.69) is 10.6 Å². The number of carbonyl (C=O) groups excluding carboxylic acids is 4. The van der Waals surface area contributed by atoms with E-state index in [9.17, 15) is 29.4 Å². The van der Waals surface area contributed by atoms with Crippen LogP contribution in [0.4, 0.5) is 4.79 Å². The molecule has 1 saturated carbocycles. The Balaban J connectivity index is 0.952. The van der Waals surface area contributed by atoms with Crippen LogP contribution in [0.3, 0.4) is 0 Å². The number of nitrogens with two attached hydrogens (primary N) is 1. The summed E-state index contributed by atoms with van der Waals surface area (Å²) in [6.45, 7) is 1.10. The number of piperidine rings is 1. The van der Waals surface area contributed by atoms with Gasteiger partial charge in [0, 0.05) is 54.2 Å². The van der Waals surface area contributed by atoms with Crippen molar-refractivity contribution in [3.05, 3.63) is 116 Å². The molecule has 52 heavy (non-hydrogen) atoms. The molecule has 6 N–H and O–H groups in total. The van der Waals surface area contributed by atoms with Crippen LogP contribution >= 0.6 is 0 Å². The summed E-state index contributed by atoms with van der Waals surface area (Å²) in [6, 6.07) is 5.83. The first-order valence-corrected chi connectivity index (χ1v) is 17.5. The van der Waals surface area contributed by atoms with Crippen LogP contribution in [0.25, 0.3) is 0 Å². The zero-order chi connectivity index (χ0) is 36.0. The molecular weight excluding hydrogens is 668 g/mol. The van der Waals surface area contributed by atoms with Gasteiger partial charge in [0.1, 0.15) is 0 Å². The van der Waals surface area contributed by atoms with E-state index in [0.29, 0.717) is 48.6 Å². The second-order valence-electron chi connectivity index (χ2n) is 14.7. The third-order valence-electron chi connectivity index (χ3n) is 12.5. The normalized spacial score (nSPS) is 31.8. The lowest BCUT2D eigenvalue weighted by Gasteiger charge is -2.32. The number of urea groups is 1. The van der Waals surface area contributed by atoms with E-state index < -0.39 is 18.1 Å². The summed E-state index contributed by atoms with van der Waals surface area (Å²) in [5.41, 5.74) is 10.6. The predicted octanol–water partition coefficient (Wildman–Crippen LogP) is 2.19. The molecule has 1 aromatic rings. The summed E-state index contributed by atoms with van der Waals surface area (Å²) in [5, 5.41) is 29.3. The number of methoxy groups -OCH3 is 2. The molecular formula is C38H36N6O8. The molecule has 14 nitrogen and oxygen atoms in total. The number of carbonyl (C=O) groups is 4. The molecule has 0 radical (unpaired) electrons. The van der Waals surface area contributed by atoms with E-state index >= 15 is 0 Å². The fraction of sp³-hybridized carbons (Fsp3) is 0.368. The van der Waals surface area contributed by atoms with Crippen molar-refractivity contribution in [1.82, 2.24) is 25.3 Å². The van der Waals surface area contributed by atoms with Gasteiger partial charge in [0.25, 0.3) is 11.8 Å². The molecule has 4 aliphatic carbocycles. The molecule has 1 saturated heterocycles. The van der Waals surface area contributed by atoms with Crippen LogP contribution in [0.5, 0.6) is 0 Å². The zero-order valence-corrected chi connectivity index (χ0v) is 28.4. The van der Waals surface area contributed by atoms with Gasteiger partial charge in [-0.25, -0.2) is 4.79 Å². The van der Waals surface area contributed by atoms with Crippen LogP contribution in [-0.4, -0.2) is 94.5 Å². The van der Waals surface area contributed by atoms with E-state index in [-0.39, 0.29) is 76.0 Å². The van der Waals surface area contributed by atoms with Crippen molar-refractivity contribution in [3.63, 3.8) is 0 Å². The molecule has 9 aliphatic rings. The number of fused-ring (bicyclic) bond motifs is 5. The standard InChI is InChI=1S/C38H36N6O8/c1-51-33-27-20(12-24(41-27)36(49)44-15-16-14-38(16)22-6-4-3-5-19(22)25(45)13-26(38)44)17-7-9-42(29(17)31(33)46)35(48)23-11-21-18-8-10-43(37(39)50)30(18)32(47)34(52-2)28(21)40-23/h3-6,11-13,16,20-21,27-28,40-41,46-47H,7-10,14-15H2,1-2H3,(H2,39,50)/t16-,20?,21?,27?,28?,38-/m1/s1. The summed E-state index contributed by atoms with van der Waals surface area (Å²) in [7, 11) is 2.87. The van der Waals surface area contributed by atoms with Crippen molar-refractivity contribution in [2.24, 2.45) is 23.5 Å². The minimum Gasteiger partial charge on any atom is -0.503 e. The second kappa shape index (κ2) is 10.3. The van der Waals surface area contributed by atoms with Gasteiger partial charge in [-0.1, -0.05) is 24.3 Å². The van der Waals surface area contributed by atoms with Gasteiger partial charge in [0.15, 0.2) is 28.8 Å². The lowest BCUT2D eigenvalue weighted by Crippen LogP contribution is -2.42. The van der Waals surface area contributed by atoms with Crippen molar-refractivity contribution in [3.8, 4) is 0 Å². The third-order valence-corrected chi connectivity index (χ3v) is 12.5. The minimum atomic E-state index is -0.687. The average molecular weight is 705 g/mol. The lowest BCUT2D eigenvalue weighted by atomic mass is 9.81. The number of rotatable bonds is 4. The molecule has 4 unspecified atom stereocenters. The van der Waals surface area contributed by atoms with Gasteiger partial charge in [-0.2, -0.15) is 0 Å². The molecule has 6 atom stereocenters. The number of amides is 4. The summed E-state index contributed by atoms with van der Waals surface area (Å²) in [5.74, 6) is -1.19. The number of nitrogens with zero attached hydrogens (tertiary/aromatic N) is 3. The van der Waals surface area contributed by atoms with Gasteiger partial charge < -0.3 is 45.9 Å². The quantitative estimate of drug-likeness (QED) is 0.311. The van der Waals surface area contributed by atoms with Crippen molar-refractivity contribution < 1.29 is 38.9 Å². The third kappa shape index (κ3) is 3.73. The fourth-order valence-electron chi connectivity index (χ4n) is 10.2. The van der Waals surface area contributed by atoms with Crippen molar-refractivity contribution >= 4 is 23.6 Å². The van der Waals surface area contributed by atoms with Crippen LogP contribution in [0, 0.1) is 17.8 Å². The summed E-state index contributed by atoms with van der Waals surface area (Å²) in [4.78, 5) is 58.4.